The van der Waals surface area contributed by atoms with Gasteiger partial charge in [0.2, 0.25) is 5.91 Å². The molecule has 32 heavy (non-hydrogen) atoms. The minimum absolute atomic E-state index is 0.0361. The molecule has 2 aliphatic carbocycles. The zero-order valence-corrected chi connectivity index (χ0v) is 17.9. The Kier molecular flexibility index (Phi) is 6.43. The Labute approximate surface area is 185 Å². The molecule has 4 rings (SSSR count). The minimum atomic E-state index is -0.801. The molecule has 0 saturated heterocycles. The van der Waals surface area contributed by atoms with Crippen LogP contribution in [0.1, 0.15) is 66.9 Å². The van der Waals surface area contributed by atoms with E-state index in [1.807, 2.05) is 11.1 Å². The van der Waals surface area contributed by atoms with E-state index in [4.69, 9.17) is 5.73 Å². The van der Waals surface area contributed by atoms with Crippen molar-refractivity contribution in [1.82, 2.24) is 20.6 Å². The number of carbonyl (C=O) groups is 2. The van der Waals surface area contributed by atoms with Crippen LogP contribution in [0.5, 0.6) is 0 Å². The highest BCUT2D eigenvalue weighted by Crippen LogP contribution is 2.33. The first-order valence-electron chi connectivity index (χ1n) is 11.2. The lowest BCUT2D eigenvalue weighted by Crippen LogP contribution is -2.41. The van der Waals surface area contributed by atoms with Crippen molar-refractivity contribution in [2.45, 2.75) is 62.9 Å². The third kappa shape index (κ3) is 4.92. The topological polar surface area (TPSA) is 150 Å². The molecule has 0 radical (unpaired) electrons. The van der Waals surface area contributed by atoms with Crippen LogP contribution in [-0.4, -0.2) is 33.9 Å². The van der Waals surface area contributed by atoms with Gasteiger partial charge >= 0.3 is 5.69 Å². The summed E-state index contributed by atoms with van der Waals surface area (Å²) in [5.74, 6) is -0.188. The third-order valence-electron chi connectivity index (χ3n) is 6.69. The van der Waals surface area contributed by atoms with Gasteiger partial charge in [-0.15, -0.1) is 0 Å². The van der Waals surface area contributed by atoms with Crippen LogP contribution in [0, 0.1) is 5.92 Å². The van der Waals surface area contributed by atoms with Crippen molar-refractivity contribution in [3.8, 4) is 0 Å². The summed E-state index contributed by atoms with van der Waals surface area (Å²) in [6.45, 7) is 0. The highest BCUT2D eigenvalue weighted by molar-refractivity contribution is 5.97. The molecule has 0 spiro atoms. The number of nitrogens with two attached hydrogens (primary N) is 1. The fraction of sp³-hybridized carbons (Fsp3) is 0.478. The van der Waals surface area contributed by atoms with E-state index in [2.05, 4.69) is 39.9 Å². The van der Waals surface area contributed by atoms with Crippen LogP contribution in [0.4, 0.5) is 5.69 Å². The van der Waals surface area contributed by atoms with E-state index in [9.17, 15) is 19.2 Å². The summed E-state index contributed by atoms with van der Waals surface area (Å²) in [7, 11) is 0. The van der Waals surface area contributed by atoms with Gasteiger partial charge in [0.15, 0.2) is 0 Å². The largest absolute Gasteiger partial charge is 0.392 e. The molecule has 1 aromatic carbocycles. The molecule has 2 aromatic rings. The molecule has 170 valence electrons. The van der Waals surface area contributed by atoms with Gasteiger partial charge in [-0.3, -0.25) is 19.4 Å². The molecule has 2 atom stereocenters. The lowest BCUT2D eigenvalue weighted by Gasteiger charge is -2.30. The summed E-state index contributed by atoms with van der Waals surface area (Å²) in [5, 5.41) is 5.98. The van der Waals surface area contributed by atoms with Gasteiger partial charge in [-0.1, -0.05) is 30.3 Å². The lowest BCUT2D eigenvalue weighted by molar-refractivity contribution is -0.125. The van der Waals surface area contributed by atoms with Gasteiger partial charge in [-0.05, 0) is 56.4 Å². The maximum Gasteiger partial charge on any atom is 0.326 e. The first kappa shape index (κ1) is 21.9. The smallest absolute Gasteiger partial charge is 0.326 e. The van der Waals surface area contributed by atoms with E-state index in [0.29, 0.717) is 25.2 Å². The van der Waals surface area contributed by atoms with Gasteiger partial charge in [-0.25, -0.2) is 4.79 Å². The monoisotopic (exact) mass is 439 g/mol. The Morgan fingerprint density at radius 3 is 2.28 bits per heavy atom. The van der Waals surface area contributed by atoms with Crippen molar-refractivity contribution in [2.75, 3.05) is 5.73 Å². The lowest BCUT2D eigenvalue weighted by atomic mass is 9.81. The number of benzene rings is 1. The number of amides is 2. The number of H-pyrrole nitrogens is 2. The Hall–Kier alpha value is -3.36. The zero-order valence-electron chi connectivity index (χ0n) is 17.9. The summed E-state index contributed by atoms with van der Waals surface area (Å²) in [6.07, 6.45) is 5.91. The van der Waals surface area contributed by atoms with E-state index in [0.717, 1.165) is 25.7 Å². The molecule has 2 saturated carbocycles. The van der Waals surface area contributed by atoms with Crippen molar-refractivity contribution < 1.29 is 9.59 Å². The van der Waals surface area contributed by atoms with E-state index in [1.165, 1.54) is 5.56 Å². The van der Waals surface area contributed by atoms with Crippen molar-refractivity contribution in [3.63, 3.8) is 0 Å². The fourth-order valence-electron chi connectivity index (χ4n) is 4.90. The summed E-state index contributed by atoms with van der Waals surface area (Å²) in [5.41, 5.74) is 4.81. The molecule has 2 fully saturated rings. The number of nitrogens with one attached hydrogen (secondary N) is 4. The van der Waals surface area contributed by atoms with Gasteiger partial charge in [-0.2, -0.15) is 0 Å². The molecule has 0 aliphatic heterocycles. The molecule has 1 aromatic heterocycles. The molecular weight excluding hydrogens is 410 g/mol. The fourth-order valence-corrected chi connectivity index (χ4v) is 4.90. The Bertz CT molecular complexity index is 1090. The Morgan fingerprint density at radius 1 is 0.875 bits per heavy atom. The van der Waals surface area contributed by atoms with Crippen molar-refractivity contribution >= 4 is 17.5 Å². The number of hydrogen-bond acceptors (Lipinski definition) is 5. The number of hydrogen-bond donors (Lipinski definition) is 5. The van der Waals surface area contributed by atoms with Gasteiger partial charge < -0.3 is 21.4 Å². The molecule has 1 unspecified atom stereocenters. The normalized spacial score (nSPS) is 25.2. The second-order valence-corrected chi connectivity index (χ2v) is 8.85. The maximum atomic E-state index is 12.8. The second-order valence-electron chi connectivity index (χ2n) is 8.85. The maximum absolute atomic E-state index is 12.8. The number of carbonyl (C=O) groups excluding carboxylic acids is 2. The average molecular weight is 440 g/mol. The average Bonchev–Trinajstić information content (AvgIpc) is 3.26. The molecule has 9 heteroatoms. The Balaban J connectivity index is 1.26. The molecule has 1 heterocycles. The molecular formula is C23H29N5O4. The van der Waals surface area contributed by atoms with Crippen molar-refractivity contribution in [2.24, 2.45) is 5.92 Å². The number of nitrogen functional groups attached to an aromatic ring is 1. The first-order chi connectivity index (χ1) is 15.4. The second kappa shape index (κ2) is 9.42. The van der Waals surface area contributed by atoms with Crippen molar-refractivity contribution in [1.29, 1.82) is 0 Å². The summed E-state index contributed by atoms with van der Waals surface area (Å²) >= 11 is 0. The van der Waals surface area contributed by atoms with Gasteiger partial charge in [0.25, 0.3) is 11.5 Å². The highest BCUT2D eigenvalue weighted by atomic mass is 16.2. The van der Waals surface area contributed by atoms with Crippen LogP contribution in [0.3, 0.4) is 0 Å². The highest BCUT2D eigenvalue weighted by Gasteiger charge is 2.33. The van der Waals surface area contributed by atoms with Crippen LogP contribution in [0.2, 0.25) is 0 Å². The molecule has 2 aliphatic rings. The van der Waals surface area contributed by atoms with E-state index in [1.54, 1.807) is 0 Å². The van der Waals surface area contributed by atoms with Gasteiger partial charge in [0, 0.05) is 18.0 Å². The quantitative estimate of drug-likeness (QED) is 0.477. The number of anilines is 1. The SMILES string of the molecule is Nc1c(C(=O)NC2CC[C@@H](C(=O)N[C@H]3CC[C@@H](c4ccccc4)CC3)C2)[nH]c(=O)[nH]c1=O. The van der Waals surface area contributed by atoms with Crippen LogP contribution in [-0.2, 0) is 4.79 Å². The van der Waals surface area contributed by atoms with Crippen LogP contribution < -0.4 is 27.6 Å². The summed E-state index contributed by atoms with van der Waals surface area (Å²) < 4.78 is 0. The van der Waals surface area contributed by atoms with Crippen LogP contribution >= 0.6 is 0 Å². The molecule has 9 nitrogen and oxygen atoms in total. The predicted octanol–water partition coefficient (Wildman–Crippen LogP) is 1.39. The molecule has 6 N–H and O–H groups in total. The molecule has 2 amide bonds. The van der Waals surface area contributed by atoms with Gasteiger partial charge in [0.05, 0.1) is 0 Å². The van der Waals surface area contributed by atoms with Crippen LogP contribution in [0.25, 0.3) is 0 Å². The van der Waals surface area contributed by atoms with E-state index < -0.39 is 17.2 Å². The molecule has 0 bridgehead atoms. The van der Waals surface area contributed by atoms with Gasteiger partial charge in [0.1, 0.15) is 11.4 Å². The number of aromatic amines is 2. The predicted molar refractivity (Wildman–Crippen MR) is 120 cm³/mol. The van der Waals surface area contributed by atoms with E-state index in [-0.39, 0.29) is 35.3 Å². The summed E-state index contributed by atoms with van der Waals surface area (Å²) in [4.78, 5) is 52.5. The van der Waals surface area contributed by atoms with Crippen LogP contribution in [0.15, 0.2) is 39.9 Å². The number of rotatable bonds is 5. The standard InChI is InChI=1S/C23H29N5O4/c24-18-19(27-23(32)28-21(18)30)22(31)26-17-11-8-15(12-17)20(29)25-16-9-6-14(7-10-16)13-4-2-1-3-5-13/h1-5,14-17H,6-12,24H2,(H,25,29)(H,26,31)(H2,27,28,30,32)/t14-,15-,16+,17?/m1/s1. The Morgan fingerprint density at radius 2 is 1.56 bits per heavy atom. The zero-order chi connectivity index (χ0) is 22.7. The third-order valence-corrected chi connectivity index (χ3v) is 6.69. The minimum Gasteiger partial charge on any atom is -0.392 e. The summed E-state index contributed by atoms with van der Waals surface area (Å²) in [6, 6.07) is 10.5. The van der Waals surface area contributed by atoms with Crippen molar-refractivity contribution in [3.05, 3.63) is 62.4 Å². The first-order valence-corrected chi connectivity index (χ1v) is 11.2. The van der Waals surface area contributed by atoms with E-state index >= 15 is 0 Å². The number of aromatic nitrogens is 2.